The van der Waals surface area contributed by atoms with Crippen LogP contribution in [0.1, 0.15) is 63.8 Å². The van der Waals surface area contributed by atoms with Crippen molar-refractivity contribution in [3.05, 3.63) is 35.7 Å². The fourth-order valence-electron chi connectivity index (χ4n) is 3.59. The lowest BCUT2D eigenvalue weighted by Gasteiger charge is -2.30. The average molecular weight is 325 g/mol. The van der Waals surface area contributed by atoms with Crippen molar-refractivity contribution >= 4 is 0 Å². The molecule has 0 bridgehead atoms. The fraction of sp³-hybridized carbons (Fsp3) is 0.600. The van der Waals surface area contributed by atoms with E-state index in [0.717, 1.165) is 30.3 Å². The number of likely N-dealkylation sites (tertiary alicyclic amines) is 1. The Morgan fingerprint density at radius 3 is 2.25 bits per heavy atom. The van der Waals surface area contributed by atoms with Crippen LogP contribution in [0, 0.1) is 0 Å². The maximum atomic E-state index is 5.54. The summed E-state index contributed by atoms with van der Waals surface area (Å²) in [6.07, 6.45) is 5.08. The number of piperidine rings is 1. The Morgan fingerprint density at radius 1 is 1.00 bits per heavy atom. The topological polar surface area (TPSA) is 42.2 Å². The van der Waals surface area contributed by atoms with Crippen molar-refractivity contribution < 1.29 is 4.52 Å². The largest absolute Gasteiger partial charge is 0.334 e. The maximum Gasteiger partial charge on any atom is 0.257 e. The Kier molecular flexibility index (Phi) is 3.95. The molecular weight excluding hydrogens is 298 g/mol. The lowest BCUT2D eigenvalue weighted by atomic mass is 9.87. The highest BCUT2D eigenvalue weighted by molar-refractivity contribution is 5.53. The van der Waals surface area contributed by atoms with Gasteiger partial charge in [-0.15, -0.1) is 0 Å². The zero-order chi connectivity index (χ0) is 16.7. The summed E-state index contributed by atoms with van der Waals surface area (Å²) < 4.78 is 5.54. The zero-order valence-corrected chi connectivity index (χ0v) is 15.0. The molecule has 0 radical (unpaired) electrons. The number of rotatable bonds is 3. The van der Waals surface area contributed by atoms with Crippen molar-refractivity contribution in [2.45, 2.75) is 63.8 Å². The van der Waals surface area contributed by atoms with E-state index < -0.39 is 0 Å². The third kappa shape index (κ3) is 3.25. The van der Waals surface area contributed by atoms with Crippen LogP contribution in [0.25, 0.3) is 11.5 Å². The molecule has 0 spiro atoms. The van der Waals surface area contributed by atoms with Gasteiger partial charge in [0.1, 0.15) is 0 Å². The van der Waals surface area contributed by atoms with Gasteiger partial charge in [-0.25, -0.2) is 0 Å². The van der Waals surface area contributed by atoms with Crippen LogP contribution in [0.4, 0.5) is 0 Å². The molecule has 1 aromatic heterocycles. The molecule has 1 aliphatic carbocycles. The van der Waals surface area contributed by atoms with Crippen LogP contribution >= 0.6 is 0 Å². The van der Waals surface area contributed by atoms with Gasteiger partial charge in [0.2, 0.25) is 0 Å². The van der Waals surface area contributed by atoms with Crippen LogP contribution < -0.4 is 0 Å². The Labute approximate surface area is 144 Å². The molecule has 1 saturated heterocycles. The third-order valence-electron chi connectivity index (χ3n) is 5.40. The van der Waals surface area contributed by atoms with E-state index in [9.17, 15) is 0 Å². The molecule has 0 amide bonds. The van der Waals surface area contributed by atoms with Crippen molar-refractivity contribution in [1.29, 1.82) is 0 Å². The van der Waals surface area contributed by atoms with E-state index in [4.69, 9.17) is 4.52 Å². The van der Waals surface area contributed by atoms with Crippen molar-refractivity contribution in [2.24, 2.45) is 0 Å². The first-order valence-electron chi connectivity index (χ1n) is 9.19. The van der Waals surface area contributed by atoms with E-state index >= 15 is 0 Å². The minimum atomic E-state index is 0.161. The van der Waals surface area contributed by atoms with Gasteiger partial charge in [0.15, 0.2) is 5.82 Å². The van der Waals surface area contributed by atoms with Crippen molar-refractivity contribution in [2.75, 3.05) is 13.1 Å². The Bertz CT molecular complexity index is 686. The predicted molar refractivity (Wildman–Crippen MR) is 95.0 cm³/mol. The Hall–Kier alpha value is -1.68. The van der Waals surface area contributed by atoms with Crippen LogP contribution in [0.2, 0.25) is 0 Å². The summed E-state index contributed by atoms with van der Waals surface area (Å²) in [5.74, 6) is 1.99. The lowest BCUT2D eigenvalue weighted by Crippen LogP contribution is -2.34. The SMILES string of the molecule is CC(C)(C)c1ccc(-c2nc(C3CCN(C4CC4)CC3)no2)cc1. The van der Waals surface area contributed by atoms with E-state index in [1.807, 2.05) is 0 Å². The molecule has 128 valence electrons. The summed E-state index contributed by atoms with van der Waals surface area (Å²) in [5.41, 5.74) is 2.49. The molecule has 1 aromatic carbocycles. The molecule has 4 heteroatoms. The van der Waals surface area contributed by atoms with E-state index in [-0.39, 0.29) is 5.41 Å². The van der Waals surface area contributed by atoms with Gasteiger partial charge in [-0.3, -0.25) is 0 Å². The average Bonchev–Trinajstić information content (AvgIpc) is 3.31. The Balaban J connectivity index is 1.44. The van der Waals surface area contributed by atoms with Crippen molar-refractivity contribution in [1.82, 2.24) is 15.0 Å². The molecule has 2 heterocycles. The molecule has 1 aliphatic heterocycles. The summed E-state index contributed by atoms with van der Waals surface area (Å²) >= 11 is 0. The minimum Gasteiger partial charge on any atom is -0.334 e. The summed E-state index contributed by atoms with van der Waals surface area (Å²) in [6.45, 7) is 9.03. The second-order valence-corrected chi connectivity index (χ2v) is 8.33. The van der Waals surface area contributed by atoms with Crippen molar-refractivity contribution in [3.63, 3.8) is 0 Å². The number of benzene rings is 1. The van der Waals surface area contributed by atoms with E-state index in [1.54, 1.807) is 0 Å². The zero-order valence-electron chi connectivity index (χ0n) is 15.0. The summed E-state index contributed by atoms with van der Waals surface area (Å²) in [5, 5.41) is 4.27. The summed E-state index contributed by atoms with van der Waals surface area (Å²) in [7, 11) is 0. The highest BCUT2D eigenvalue weighted by atomic mass is 16.5. The van der Waals surface area contributed by atoms with Gasteiger partial charge in [0.05, 0.1) is 0 Å². The normalized spacial score (nSPS) is 20.5. The molecule has 4 nitrogen and oxygen atoms in total. The molecule has 1 saturated carbocycles. The second-order valence-electron chi connectivity index (χ2n) is 8.33. The molecule has 0 N–H and O–H groups in total. The van der Waals surface area contributed by atoms with Crippen LogP contribution in [0.3, 0.4) is 0 Å². The fourth-order valence-corrected chi connectivity index (χ4v) is 3.59. The maximum absolute atomic E-state index is 5.54. The molecule has 0 atom stereocenters. The standard InChI is InChI=1S/C20H27N3O/c1-20(2,3)16-6-4-15(5-7-16)19-21-18(22-24-19)14-10-12-23(13-11-14)17-8-9-17/h4-7,14,17H,8-13H2,1-3H3. The van der Waals surface area contributed by atoms with Gasteiger partial charge in [-0.2, -0.15) is 4.98 Å². The lowest BCUT2D eigenvalue weighted by molar-refractivity contribution is 0.199. The van der Waals surface area contributed by atoms with Crippen LogP contribution in [0.5, 0.6) is 0 Å². The molecule has 4 rings (SSSR count). The Morgan fingerprint density at radius 2 is 1.67 bits per heavy atom. The smallest absolute Gasteiger partial charge is 0.257 e. The van der Waals surface area contributed by atoms with E-state index in [0.29, 0.717) is 11.8 Å². The van der Waals surface area contributed by atoms with E-state index in [1.165, 1.54) is 31.5 Å². The van der Waals surface area contributed by atoms with Crippen molar-refractivity contribution in [3.8, 4) is 11.5 Å². The van der Waals surface area contributed by atoms with Gasteiger partial charge >= 0.3 is 0 Å². The van der Waals surface area contributed by atoms with Gasteiger partial charge < -0.3 is 9.42 Å². The molecule has 0 unspecified atom stereocenters. The van der Waals surface area contributed by atoms with E-state index in [2.05, 4.69) is 60.1 Å². The van der Waals surface area contributed by atoms with Crippen LogP contribution in [-0.4, -0.2) is 34.2 Å². The van der Waals surface area contributed by atoms with Crippen LogP contribution in [-0.2, 0) is 5.41 Å². The molecule has 24 heavy (non-hydrogen) atoms. The minimum absolute atomic E-state index is 0.161. The molecular formula is C20H27N3O. The highest BCUT2D eigenvalue weighted by Crippen LogP contribution is 2.34. The monoisotopic (exact) mass is 325 g/mol. The molecule has 2 aliphatic rings. The summed E-state index contributed by atoms with van der Waals surface area (Å²) in [4.78, 5) is 7.31. The van der Waals surface area contributed by atoms with Gasteiger partial charge in [0, 0.05) is 17.5 Å². The number of aromatic nitrogens is 2. The number of nitrogens with zero attached hydrogens (tertiary/aromatic N) is 3. The second kappa shape index (κ2) is 5.99. The molecule has 2 aromatic rings. The molecule has 2 fully saturated rings. The number of hydrogen-bond donors (Lipinski definition) is 0. The van der Waals surface area contributed by atoms with Crippen LogP contribution in [0.15, 0.2) is 28.8 Å². The predicted octanol–water partition coefficient (Wildman–Crippen LogP) is 4.38. The van der Waals surface area contributed by atoms with Gasteiger partial charge in [0.25, 0.3) is 5.89 Å². The first kappa shape index (κ1) is 15.8. The first-order valence-corrected chi connectivity index (χ1v) is 9.19. The quantitative estimate of drug-likeness (QED) is 0.840. The van der Waals surface area contributed by atoms with Gasteiger partial charge in [-0.1, -0.05) is 38.1 Å². The van der Waals surface area contributed by atoms with Gasteiger partial charge in [-0.05, 0) is 61.9 Å². The highest BCUT2D eigenvalue weighted by Gasteiger charge is 2.33. The summed E-state index contributed by atoms with van der Waals surface area (Å²) in [6, 6.07) is 9.37. The third-order valence-corrected chi connectivity index (χ3v) is 5.40. The first-order chi connectivity index (χ1) is 11.5. The number of hydrogen-bond acceptors (Lipinski definition) is 4.